The second-order valence-corrected chi connectivity index (χ2v) is 6.40. The summed E-state index contributed by atoms with van der Waals surface area (Å²) >= 11 is 0. The average molecular weight is 337 g/mol. The molecule has 0 aliphatic rings. The van der Waals surface area contributed by atoms with Crippen LogP contribution in [0.15, 0.2) is 24.3 Å². The van der Waals surface area contributed by atoms with Crippen LogP contribution in [0.2, 0.25) is 0 Å². The highest BCUT2D eigenvalue weighted by atomic mass is 19.1. The van der Waals surface area contributed by atoms with Gasteiger partial charge in [0.15, 0.2) is 0 Å². The Labute approximate surface area is 141 Å². The van der Waals surface area contributed by atoms with E-state index in [-0.39, 0.29) is 36.0 Å². The predicted molar refractivity (Wildman–Crippen MR) is 88.9 cm³/mol. The SMILES string of the molecule is CCN(CC(=O)NC(C)(C)C)C(=O)CNC(=O)c1cccc(F)c1. The van der Waals surface area contributed by atoms with Crippen LogP contribution in [-0.2, 0) is 9.59 Å². The van der Waals surface area contributed by atoms with Gasteiger partial charge in [0, 0.05) is 17.6 Å². The van der Waals surface area contributed by atoms with Gasteiger partial charge in [0.2, 0.25) is 11.8 Å². The van der Waals surface area contributed by atoms with Crippen LogP contribution in [0.25, 0.3) is 0 Å². The van der Waals surface area contributed by atoms with Gasteiger partial charge in [-0.1, -0.05) is 6.07 Å². The summed E-state index contributed by atoms with van der Waals surface area (Å²) in [5, 5.41) is 5.21. The molecule has 3 amide bonds. The number of carbonyl (C=O) groups excluding carboxylic acids is 3. The zero-order valence-corrected chi connectivity index (χ0v) is 14.5. The monoisotopic (exact) mass is 337 g/mol. The first kappa shape index (κ1) is 19.6. The minimum atomic E-state index is -0.543. The number of carbonyl (C=O) groups is 3. The zero-order chi connectivity index (χ0) is 18.3. The molecule has 1 aromatic carbocycles. The molecule has 0 radical (unpaired) electrons. The van der Waals surface area contributed by atoms with E-state index in [0.717, 1.165) is 6.07 Å². The summed E-state index contributed by atoms with van der Waals surface area (Å²) in [7, 11) is 0. The smallest absolute Gasteiger partial charge is 0.251 e. The van der Waals surface area contributed by atoms with E-state index in [2.05, 4.69) is 10.6 Å². The number of nitrogens with zero attached hydrogens (tertiary/aromatic N) is 1. The molecule has 7 heteroatoms. The maximum Gasteiger partial charge on any atom is 0.251 e. The molecule has 0 fully saturated rings. The first-order valence-electron chi connectivity index (χ1n) is 7.75. The van der Waals surface area contributed by atoms with Crippen molar-refractivity contribution in [3.05, 3.63) is 35.6 Å². The van der Waals surface area contributed by atoms with Gasteiger partial charge in [0.25, 0.3) is 5.91 Å². The first-order valence-corrected chi connectivity index (χ1v) is 7.75. The normalized spacial score (nSPS) is 10.9. The summed E-state index contributed by atoms with van der Waals surface area (Å²) in [6.45, 7) is 7.30. The quantitative estimate of drug-likeness (QED) is 0.822. The molecular formula is C17H24FN3O3. The molecule has 0 aliphatic carbocycles. The Balaban J connectivity index is 2.55. The van der Waals surface area contributed by atoms with E-state index in [1.807, 2.05) is 20.8 Å². The number of hydrogen-bond donors (Lipinski definition) is 2. The van der Waals surface area contributed by atoms with Crippen LogP contribution >= 0.6 is 0 Å². The van der Waals surface area contributed by atoms with Crippen molar-refractivity contribution in [1.82, 2.24) is 15.5 Å². The Bertz CT molecular complexity index is 611. The second-order valence-electron chi connectivity index (χ2n) is 6.40. The summed E-state index contributed by atoms with van der Waals surface area (Å²) in [4.78, 5) is 37.3. The summed E-state index contributed by atoms with van der Waals surface area (Å²) in [6.07, 6.45) is 0. The Morgan fingerprint density at radius 3 is 2.42 bits per heavy atom. The van der Waals surface area contributed by atoms with Crippen LogP contribution < -0.4 is 10.6 Å². The third kappa shape index (κ3) is 6.76. The summed E-state index contributed by atoms with van der Waals surface area (Å²) in [5.74, 6) is -1.72. The molecule has 1 aromatic rings. The van der Waals surface area contributed by atoms with Gasteiger partial charge in [0.05, 0.1) is 13.1 Å². The van der Waals surface area contributed by atoms with Crippen molar-refractivity contribution in [2.45, 2.75) is 33.2 Å². The molecule has 132 valence electrons. The van der Waals surface area contributed by atoms with Crippen LogP contribution in [0.1, 0.15) is 38.1 Å². The fourth-order valence-electron chi connectivity index (χ4n) is 2.01. The van der Waals surface area contributed by atoms with Crippen LogP contribution in [0.5, 0.6) is 0 Å². The molecule has 0 atom stereocenters. The summed E-state index contributed by atoms with van der Waals surface area (Å²) in [6, 6.07) is 5.20. The Kier molecular flexibility index (Phi) is 6.88. The largest absolute Gasteiger partial charge is 0.350 e. The molecule has 24 heavy (non-hydrogen) atoms. The molecule has 0 saturated heterocycles. The number of rotatable bonds is 6. The highest BCUT2D eigenvalue weighted by Gasteiger charge is 2.19. The van der Waals surface area contributed by atoms with Gasteiger partial charge in [-0.05, 0) is 45.9 Å². The van der Waals surface area contributed by atoms with Crippen molar-refractivity contribution < 1.29 is 18.8 Å². The van der Waals surface area contributed by atoms with Gasteiger partial charge in [-0.2, -0.15) is 0 Å². The van der Waals surface area contributed by atoms with Crippen molar-refractivity contribution in [3.63, 3.8) is 0 Å². The van der Waals surface area contributed by atoms with Crippen molar-refractivity contribution in [2.75, 3.05) is 19.6 Å². The van der Waals surface area contributed by atoms with Gasteiger partial charge < -0.3 is 15.5 Å². The molecule has 0 saturated carbocycles. The molecule has 0 spiro atoms. The van der Waals surface area contributed by atoms with Gasteiger partial charge in [0.1, 0.15) is 5.82 Å². The van der Waals surface area contributed by atoms with Crippen LogP contribution in [0.4, 0.5) is 4.39 Å². The fourth-order valence-corrected chi connectivity index (χ4v) is 2.01. The van der Waals surface area contributed by atoms with E-state index in [4.69, 9.17) is 0 Å². The van der Waals surface area contributed by atoms with E-state index < -0.39 is 11.7 Å². The highest BCUT2D eigenvalue weighted by Crippen LogP contribution is 2.03. The van der Waals surface area contributed by atoms with E-state index in [0.29, 0.717) is 6.54 Å². The van der Waals surface area contributed by atoms with Gasteiger partial charge in [-0.25, -0.2) is 4.39 Å². The molecule has 0 heterocycles. The third-order valence-electron chi connectivity index (χ3n) is 3.07. The lowest BCUT2D eigenvalue weighted by Crippen LogP contribution is -2.49. The maximum atomic E-state index is 13.1. The molecule has 0 aromatic heterocycles. The average Bonchev–Trinajstić information content (AvgIpc) is 2.48. The number of benzene rings is 1. The topological polar surface area (TPSA) is 78.5 Å². The van der Waals surface area contributed by atoms with Gasteiger partial charge in [-0.15, -0.1) is 0 Å². The lowest BCUT2D eigenvalue weighted by molar-refractivity contribution is -0.135. The second kappa shape index (κ2) is 8.42. The first-order chi connectivity index (χ1) is 11.1. The van der Waals surface area contributed by atoms with Crippen molar-refractivity contribution in [2.24, 2.45) is 0 Å². The molecular weight excluding hydrogens is 313 g/mol. The fraction of sp³-hybridized carbons (Fsp3) is 0.471. The summed E-state index contributed by atoms with van der Waals surface area (Å²) in [5.41, 5.74) is -0.248. The molecule has 0 aliphatic heterocycles. The molecule has 2 N–H and O–H groups in total. The molecule has 0 bridgehead atoms. The van der Waals surface area contributed by atoms with Crippen LogP contribution in [0.3, 0.4) is 0 Å². The third-order valence-corrected chi connectivity index (χ3v) is 3.07. The molecule has 0 unspecified atom stereocenters. The Morgan fingerprint density at radius 1 is 1.21 bits per heavy atom. The Morgan fingerprint density at radius 2 is 1.88 bits per heavy atom. The number of nitrogens with one attached hydrogen (secondary N) is 2. The van der Waals surface area contributed by atoms with Gasteiger partial charge in [-0.3, -0.25) is 14.4 Å². The number of hydrogen-bond acceptors (Lipinski definition) is 3. The van der Waals surface area contributed by atoms with Crippen molar-refractivity contribution in [3.8, 4) is 0 Å². The lowest BCUT2D eigenvalue weighted by Gasteiger charge is -2.25. The number of amides is 3. The van der Waals surface area contributed by atoms with E-state index in [9.17, 15) is 18.8 Å². The van der Waals surface area contributed by atoms with E-state index in [1.54, 1.807) is 6.92 Å². The molecule has 1 rings (SSSR count). The Hall–Kier alpha value is -2.44. The highest BCUT2D eigenvalue weighted by molar-refractivity contribution is 5.96. The van der Waals surface area contributed by atoms with Crippen molar-refractivity contribution in [1.29, 1.82) is 0 Å². The standard InChI is InChI=1S/C17H24FN3O3/c1-5-21(11-14(22)20-17(2,3)4)15(23)10-19-16(24)12-7-6-8-13(18)9-12/h6-9H,5,10-11H2,1-4H3,(H,19,24)(H,20,22). The lowest BCUT2D eigenvalue weighted by atomic mass is 10.1. The number of likely N-dealkylation sites (N-methyl/N-ethyl adjacent to an activating group) is 1. The van der Waals surface area contributed by atoms with Crippen molar-refractivity contribution >= 4 is 17.7 Å². The maximum absolute atomic E-state index is 13.1. The summed E-state index contributed by atoms with van der Waals surface area (Å²) < 4.78 is 13.1. The predicted octanol–water partition coefficient (Wildman–Crippen LogP) is 1.32. The minimum Gasteiger partial charge on any atom is -0.350 e. The minimum absolute atomic E-state index is 0.0809. The zero-order valence-electron chi connectivity index (χ0n) is 14.5. The van der Waals surface area contributed by atoms with Crippen LogP contribution in [0, 0.1) is 5.82 Å². The van der Waals surface area contributed by atoms with Gasteiger partial charge >= 0.3 is 0 Å². The number of halogens is 1. The van der Waals surface area contributed by atoms with E-state index >= 15 is 0 Å². The van der Waals surface area contributed by atoms with Crippen LogP contribution in [-0.4, -0.2) is 47.8 Å². The molecule has 6 nitrogen and oxygen atoms in total. The van der Waals surface area contributed by atoms with E-state index in [1.165, 1.54) is 23.1 Å².